The van der Waals surface area contributed by atoms with Crippen molar-refractivity contribution in [1.29, 1.82) is 0 Å². The number of hydrogen-bond acceptors (Lipinski definition) is 4. The largest absolute Gasteiger partial charge is 0.493 e. The Morgan fingerprint density at radius 1 is 1.19 bits per heavy atom. The number of thioether (sulfide) groups is 1. The van der Waals surface area contributed by atoms with E-state index in [0.29, 0.717) is 12.5 Å². The lowest BCUT2D eigenvalue weighted by Gasteiger charge is -2.18. The summed E-state index contributed by atoms with van der Waals surface area (Å²) < 4.78 is 6.26. The Morgan fingerprint density at radius 2 is 1.96 bits per heavy atom. The molecule has 4 nitrogen and oxygen atoms in total. The summed E-state index contributed by atoms with van der Waals surface area (Å²) in [5, 5.41) is 0.931. The van der Waals surface area contributed by atoms with Gasteiger partial charge < -0.3 is 9.72 Å². The zero-order valence-electron chi connectivity index (χ0n) is 16.7. The number of ether oxygens (including phenoxy) is 1. The Kier molecular flexibility index (Phi) is 6.78. The molecule has 0 spiro atoms. The van der Waals surface area contributed by atoms with E-state index < -0.39 is 0 Å². The van der Waals surface area contributed by atoms with Crippen LogP contribution in [0.15, 0.2) is 57.4 Å². The van der Waals surface area contributed by atoms with E-state index in [0.717, 1.165) is 58.4 Å². The predicted octanol–water partition coefficient (Wildman–Crippen LogP) is 5.78. The lowest BCUT2D eigenvalue weighted by molar-refractivity contribution is 0.164. The van der Waals surface area contributed by atoms with Crippen LogP contribution >= 0.6 is 11.8 Å². The minimum absolute atomic E-state index is 0.603. The first kappa shape index (κ1) is 19.7. The number of aromatic amines is 1. The second-order valence-electron chi connectivity index (χ2n) is 6.97. The second kappa shape index (κ2) is 9.27. The van der Waals surface area contributed by atoms with E-state index >= 15 is 0 Å². The molecule has 27 heavy (non-hydrogen) atoms. The van der Waals surface area contributed by atoms with Gasteiger partial charge in [-0.25, -0.2) is 4.98 Å². The van der Waals surface area contributed by atoms with Gasteiger partial charge >= 0.3 is 0 Å². The van der Waals surface area contributed by atoms with Crippen molar-refractivity contribution in [3.8, 4) is 0 Å². The van der Waals surface area contributed by atoms with E-state index in [4.69, 9.17) is 9.73 Å². The third-order valence-corrected chi connectivity index (χ3v) is 6.03. The average Bonchev–Trinajstić information content (AvgIpc) is 3.04. The van der Waals surface area contributed by atoms with E-state index in [1.54, 1.807) is 11.8 Å². The molecule has 0 amide bonds. The van der Waals surface area contributed by atoms with Gasteiger partial charge in [-0.15, -0.1) is 0 Å². The molecule has 0 saturated carbocycles. The van der Waals surface area contributed by atoms with Gasteiger partial charge in [-0.05, 0) is 37.5 Å². The number of aromatic nitrogens is 2. The zero-order valence-corrected chi connectivity index (χ0v) is 17.5. The molecule has 0 bridgehead atoms. The number of para-hydroxylation sites is 2. The summed E-state index contributed by atoms with van der Waals surface area (Å²) >= 11 is 1.69. The van der Waals surface area contributed by atoms with E-state index in [-0.39, 0.29) is 0 Å². The summed E-state index contributed by atoms with van der Waals surface area (Å²) in [6.45, 7) is 10.2. The van der Waals surface area contributed by atoms with Crippen molar-refractivity contribution in [3.63, 3.8) is 0 Å². The summed E-state index contributed by atoms with van der Waals surface area (Å²) in [5.41, 5.74) is 5.50. The maximum Gasteiger partial charge on any atom is 0.166 e. The number of benzene rings is 1. The van der Waals surface area contributed by atoms with Crippen molar-refractivity contribution < 1.29 is 4.74 Å². The van der Waals surface area contributed by atoms with E-state index in [2.05, 4.69) is 49.8 Å². The summed E-state index contributed by atoms with van der Waals surface area (Å²) in [5.74, 6) is 2.39. The first-order chi connectivity index (χ1) is 13.1. The molecule has 0 saturated heterocycles. The second-order valence-corrected chi connectivity index (χ2v) is 7.93. The number of hydrogen-bond donors (Lipinski definition) is 1. The van der Waals surface area contributed by atoms with Crippen LogP contribution < -0.4 is 0 Å². The van der Waals surface area contributed by atoms with Gasteiger partial charge in [-0.2, -0.15) is 0 Å². The zero-order chi connectivity index (χ0) is 19.2. The fraction of sp³-hybridized carbons (Fsp3) is 0.455. The number of nitrogens with zero attached hydrogens (tertiary/aromatic N) is 2. The molecule has 3 rings (SSSR count). The van der Waals surface area contributed by atoms with Crippen molar-refractivity contribution >= 4 is 28.5 Å². The number of fused-ring (bicyclic) bond motifs is 1. The molecule has 1 aliphatic rings. The molecule has 144 valence electrons. The normalized spacial score (nSPS) is 15.1. The third kappa shape index (κ3) is 4.83. The van der Waals surface area contributed by atoms with Gasteiger partial charge in [0.15, 0.2) is 5.16 Å². The molecule has 2 heterocycles. The summed E-state index contributed by atoms with van der Waals surface area (Å²) in [6.07, 6.45) is 4.45. The molecule has 1 aromatic carbocycles. The topological polar surface area (TPSA) is 50.3 Å². The van der Waals surface area contributed by atoms with Crippen molar-refractivity contribution in [1.82, 2.24) is 9.97 Å². The number of rotatable bonds is 8. The molecule has 1 aliphatic heterocycles. The molecule has 1 aromatic heterocycles. The minimum Gasteiger partial charge on any atom is -0.493 e. The lowest BCUT2D eigenvalue weighted by Crippen LogP contribution is -2.12. The molecule has 0 fully saturated rings. The van der Waals surface area contributed by atoms with E-state index in [9.17, 15) is 0 Å². The number of imidazole rings is 1. The molecule has 0 atom stereocenters. The Hall–Kier alpha value is -2.01. The van der Waals surface area contributed by atoms with Crippen LogP contribution in [0.2, 0.25) is 0 Å². The molecule has 0 radical (unpaired) electrons. The Balaban J connectivity index is 1.72. The SMILES string of the molecule is CCC(CC)COC1=C(C)C(CSc2nc3ccccc3[nH]2)=NCC=C1C. The van der Waals surface area contributed by atoms with Crippen LogP contribution in [0.3, 0.4) is 0 Å². The molecular weight excluding hydrogens is 354 g/mol. The summed E-state index contributed by atoms with van der Waals surface area (Å²) in [7, 11) is 0. The van der Waals surface area contributed by atoms with Crippen LogP contribution in [-0.2, 0) is 4.74 Å². The fourth-order valence-corrected chi connectivity index (χ4v) is 4.09. The van der Waals surface area contributed by atoms with Gasteiger partial charge in [0.25, 0.3) is 0 Å². The van der Waals surface area contributed by atoms with Crippen LogP contribution in [0, 0.1) is 5.92 Å². The number of aliphatic imine (C=N–C) groups is 1. The van der Waals surface area contributed by atoms with Crippen molar-refractivity contribution in [2.45, 2.75) is 45.7 Å². The molecule has 1 N–H and O–H groups in total. The monoisotopic (exact) mass is 383 g/mol. The number of H-pyrrole nitrogens is 1. The van der Waals surface area contributed by atoms with Crippen LogP contribution in [0.5, 0.6) is 0 Å². The average molecular weight is 384 g/mol. The van der Waals surface area contributed by atoms with Crippen LogP contribution in [0.4, 0.5) is 0 Å². The molecule has 0 aliphatic carbocycles. The van der Waals surface area contributed by atoms with Gasteiger partial charge in [0, 0.05) is 11.3 Å². The predicted molar refractivity (Wildman–Crippen MR) is 116 cm³/mol. The highest BCUT2D eigenvalue weighted by molar-refractivity contribution is 7.99. The maximum atomic E-state index is 6.26. The minimum atomic E-state index is 0.603. The number of nitrogens with one attached hydrogen (secondary N) is 1. The van der Waals surface area contributed by atoms with Crippen molar-refractivity contribution in [3.05, 3.63) is 47.2 Å². The first-order valence-corrected chi connectivity index (χ1v) is 10.7. The first-order valence-electron chi connectivity index (χ1n) is 9.74. The van der Waals surface area contributed by atoms with Crippen LogP contribution in [-0.4, -0.2) is 34.6 Å². The lowest BCUT2D eigenvalue weighted by atomic mass is 10.0. The number of allylic oxidation sites excluding steroid dienone is 2. The highest BCUT2D eigenvalue weighted by Gasteiger charge is 2.17. The van der Waals surface area contributed by atoms with Crippen LogP contribution in [0.1, 0.15) is 40.5 Å². The highest BCUT2D eigenvalue weighted by atomic mass is 32.2. The fourth-order valence-electron chi connectivity index (χ4n) is 3.17. The van der Waals surface area contributed by atoms with E-state index in [1.165, 1.54) is 5.57 Å². The Bertz CT molecular complexity index is 842. The van der Waals surface area contributed by atoms with E-state index in [1.807, 2.05) is 18.2 Å². The summed E-state index contributed by atoms with van der Waals surface area (Å²) in [4.78, 5) is 12.8. The molecule has 2 aromatic rings. The van der Waals surface area contributed by atoms with Gasteiger partial charge in [0.2, 0.25) is 0 Å². The smallest absolute Gasteiger partial charge is 0.166 e. The molecule has 0 unspecified atom stereocenters. The molecular formula is C22H29N3OS. The molecule has 5 heteroatoms. The maximum absolute atomic E-state index is 6.26. The summed E-state index contributed by atoms with van der Waals surface area (Å²) in [6, 6.07) is 8.12. The Labute approximate surface area is 166 Å². The standard InChI is InChI=1S/C22H29N3OS/c1-5-17(6-2)13-26-21-15(3)11-12-23-20(16(21)4)14-27-22-24-18-9-7-8-10-19(18)25-22/h7-11,17H,5-6,12-14H2,1-4H3,(H,24,25). The van der Waals surface area contributed by atoms with Gasteiger partial charge in [-0.3, -0.25) is 4.99 Å². The van der Waals surface area contributed by atoms with Crippen molar-refractivity contribution in [2.24, 2.45) is 10.9 Å². The Morgan fingerprint density at radius 3 is 2.70 bits per heavy atom. The quantitative estimate of drug-likeness (QED) is 0.588. The van der Waals surface area contributed by atoms with Crippen molar-refractivity contribution in [2.75, 3.05) is 18.9 Å². The third-order valence-electron chi connectivity index (χ3n) is 5.14. The van der Waals surface area contributed by atoms with Gasteiger partial charge in [-0.1, -0.05) is 56.7 Å². The van der Waals surface area contributed by atoms with Gasteiger partial charge in [0.1, 0.15) is 5.76 Å². The van der Waals surface area contributed by atoms with Gasteiger partial charge in [0.05, 0.1) is 29.9 Å². The van der Waals surface area contributed by atoms with Crippen LogP contribution in [0.25, 0.3) is 11.0 Å². The highest BCUT2D eigenvalue weighted by Crippen LogP contribution is 2.25.